The Morgan fingerprint density at radius 3 is 2.34 bits per heavy atom. The van der Waals surface area contributed by atoms with Gasteiger partial charge < -0.3 is 14.8 Å². The summed E-state index contributed by atoms with van der Waals surface area (Å²) in [4.78, 5) is 23.9. The second-order valence-electron chi connectivity index (χ2n) is 7.24. The number of carbonyl (C=O) groups excluding carboxylic acids is 2. The van der Waals surface area contributed by atoms with Crippen molar-refractivity contribution >= 4 is 21.9 Å². The molecule has 1 fully saturated rings. The Morgan fingerprint density at radius 1 is 1.14 bits per heavy atom. The van der Waals surface area contributed by atoms with Gasteiger partial charge in [-0.05, 0) is 44.5 Å². The molecule has 162 valence electrons. The Bertz CT molecular complexity index is 784. The Morgan fingerprint density at radius 2 is 1.76 bits per heavy atom. The fourth-order valence-electron chi connectivity index (χ4n) is 3.11. The van der Waals surface area contributed by atoms with E-state index in [4.69, 9.17) is 9.47 Å². The molecule has 1 aliphatic rings. The predicted molar refractivity (Wildman–Crippen MR) is 108 cm³/mol. The van der Waals surface area contributed by atoms with Gasteiger partial charge in [-0.1, -0.05) is 19.8 Å². The maximum atomic E-state index is 12.8. The van der Waals surface area contributed by atoms with E-state index in [1.807, 2.05) is 13.8 Å². The van der Waals surface area contributed by atoms with Gasteiger partial charge in [-0.2, -0.15) is 4.31 Å². The lowest BCUT2D eigenvalue weighted by Crippen LogP contribution is -2.48. The predicted octanol–water partition coefficient (Wildman–Crippen LogP) is 1.95. The van der Waals surface area contributed by atoms with Crippen LogP contribution in [0.25, 0.3) is 0 Å². The van der Waals surface area contributed by atoms with E-state index in [1.54, 1.807) is 0 Å². The monoisotopic (exact) mass is 426 g/mol. The lowest BCUT2D eigenvalue weighted by atomic mass is 10.2. The van der Waals surface area contributed by atoms with E-state index in [2.05, 4.69) is 12.2 Å². The van der Waals surface area contributed by atoms with Crippen LogP contribution in [0.3, 0.4) is 0 Å². The first-order valence-electron chi connectivity index (χ1n) is 9.93. The molecule has 1 amide bonds. The number of unbranched alkanes of at least 4 members (excludes halogenated alkanes) is 2. The molecular weight excluding hydrogens is 396 g/mol. The van der Waals surface area contributed by atoms with E-state index in [9.17, 15) is 18.0 Å². The van der Waals surface area contributed by atoms with Gasteiger partial charge in [0.1, 0.15) is 0 Å². The Kier molecular flexibility index (Phi) is 8.60. The molecule has 1 heterocycles. The van der Waals surface area contributed by atoms with Crippen molar-refractivity contribution in [3.05, 3.63) is 29.8 Å². The molecule has 0 saturated carbocycles. The summed E-state index contributed by atoms with van der Waals surface area (Å²) in [5.74, 6) is -1.03. The molecule has 0 bridgehead atoms. The van der Waals surface area contributed by atoms with Crippen molar-refractivity contribution in [1.82, 2.24) is 9.62 Å². The van der Waals surface area contributed by atoms with E-state index < -0.39 is 16.0 Å². The number of rotatable bonds is 9. The van der Waals surface area contributed by atoms with E-state index in [0.717, 1.165) is 19.3 Å². The minimum atomic E-state index is -3.67. The highest BCUT2D eigenvalue weighted by atomic mass is 32.2. The summed E-state index contributed by atoms with van der Waals surface area (Å²) in [6.45, 7) is 6.48. The van der Waals surface area contributed by atoms with Crippen LogP contribution in [0.1, 0.15) is 50.4 Å². The molecule has 2 atom stereocenters. The highest BCUT2D eigenvalue weighted by Gasteiger charge is 2.32. The van der Waals surface area contributed by atoms with Gasteiger partial charge in [-0.3, -0.25) is 4.79 Å². The largest absolute Gasteiger partial charge is 0.452 e. The summed E-state index contributed by atoms with van der Waals surface area (Å²) >= 11 is 0. The van der Waals surface area contributed by atoms with E-state index in [-0.39, 0.29) is 48.3 Å². The van der Waals surface area contributed by atoms with Crippen LogP contribution in [0.4, 0.5) is 0 Å². The van der Waals surface area contributed by atoms with Crippen LogP contribution in [0.5, 0.6) is 0 Å². The number of esters is 1. The van der Waals surface area contributed by atoms with Crippen molar-refractivity contribution in [1.29, 1.82) is 0 Å². The maximum Gasteiger partial charge on any atom is 0.338 e. The topological polar surface area (TPSA) is 102 Å². The number of ether oxygens (including phenoxy) is 2. The van der Waals surface area contributed by atoms with Crippen molar-refractivity contribution in [3.8, 4) is 0 Å². The molecule has 0 aromatic heterocycles. The summed E-state index contributed by atoms with van der Waals surface area (Å²) in [7, 11) is -3.67. The van der Waals surface area contributed by atoms with Gasteiger partial charge in [0, 0.05) is 19.6 Å². The normalized spacial score (nSPS) is 20.2. The molecular formula is C20H30N2O6S. The van der Waals surface area contributed by atoms with Crippen molar-refractivity contribution in [2.45, 2.75) is 57.1 Å². The zero-order valence-corrected chi connectivity index (χ0v) is 18.0. The van der Waals surface area contributed by atoms with Gasteiger partial charge in [-0.15, -0.1) is 0 Å². The highest BCUT2D eigenvalue weighted by molar-refractivity contribution is 7.89. The first-order valence-corrected chi connectivity index (χ1v) is 11.4. The highest BCUT2D eigenvalue weighted by Crippen LogP contribution is 2.21. The molecule has 1 aromatic rings. The number of benzene rings is 1. The number of nitrogens with one attached hydrogen (secondary N) is 1. The smallest absolute Gasteiger partial charge is 0.338 e. The quantitative estimate of drug-likeness (QED) is 0.478. The van der Waals surface area contributed by atoms with Crippen molar-refractivity contribution in [3.63, 3.8) is 0 Å². The Balaban J connectivity index is 1.92. The second kappa shape index (κ2) is 10.7. The van der Waals surface area contributed by atoms with Gasteiger partial charge in [0.2, 0.25) is 10.0 Å². The zero-order valence-electron chi connectivity index (χ0n) is 17.2. The average Bonchev–Trinajstić information content (AvgIpc) is 2.68. The van der Waals surface area contributed by atoms with Crippen molar-refractivity contribution in [2.75, 3.05) is 26.2 Å². The van der Waals surface area contributed by atoms with Crippen LogP contribution in [0, 0.1) is 0 Å². The van der Waals surface area contributed by atoms with Gasteiger partial charge in [0.15, 0.2) is 6.61 Å². The molecule has 0 aliphatic carbocycles. The lowest BCUT2D eigenvalue weighted by molar-refractivity contribution is -0.124. The third kappa shape index (κ3) is 6.80. The molecule has 9 heteroatoms. The molecule has 1 aliphatic heterocycles. The lowest BCUT2D eigenvalue weighted by Gasteiger charge is -2.34. The standard InChI is InChI=1S/C20H30N2O6S/c1-4-5-6-11-21-19(23)14-27-20(24)17-7-9-18(10-8-17)29(25,26)22-12-15(2)28-16(3)13-22/h7-10,15-16H,4-6,11-14H2,1-3H3,(H,21,23)/t15-,16-/m0/s1. The van der Waals surface area contributed by atoms with E-state index >= 15 is 0 Å². The van der Waals surface area contributed by atoms with Crippen LogP contribution in [-0.2, 0) is 24.3 Å². The van der Waals surface area contributed by atoms with Crippen LogP contribution in [-0.4, -0.2) is 63.0 Å². The number of nitrogens with zero attached hydrogens (tertiary/aromatic N) is 1. The van der Waals surface area contributed by atoms with Gasteiger partial charge in [-0.25, -0.2) is 13.2 Å². The molecule has 1 saturated heterocycles. The number of hydrogen-bond acceptors (Lipinski definition) is 6. The summed E-state index contributed by atoms with van der Waals surface area (Å²) < 4.78 is 37.6. The zero-order chi connectivity index (χ0) is 21.4. The number of sulfonamides is 1. The first kappa shape index (κ1) is 23.3. The third-order valence-electron chi connectivity index (χ3n) is 4.55. The number of amides is 1. The number of hydrogen-bond donors (Lipinski definition) is 1. The van der Waals surface area contributed by atoms with Gasteiger partial charge >= 0.3 is 5.97 Å². The van der Waals surface area contributed by atoms with Crippen LogP contribution < -0.4 is 5.32 Å². The Labute approximate surface area is 172 Å². The van der Waals surface area contributed by atoms with Gasteiger partial charge in [0.25, 0.3) is 5.91 Å². The minimum Gasteiger partial charge on any atom is -0.452 e. The molecule has 1 N–H and O–H groups in total. The second-order valence-corrected chi connectivity index (χ2v) is 9.17. The fraction of sp³-hybridized carbons (Fsp3) is 0.600. The van der Waals surface area contributed by atoms with Crippen LogP contribution in [0.15, 0.2) is 29.2 Å². The van der Waals surface area contributed by atoms with Crippen molar-refractivity contribution < 1.29 is 27.5 Å². The molecule has 0 spiro atoms. The third-order valence-corrected chi connectivity index (χ3v) is 6.40. The summed E-state index contributed by atoms with van der Waals surface area (Å²) in [6.07, 6.45) is 2.59. The summed E-state index contributed by atoms with van der Waals surface area (Å²) in [5, 5.41) is 2.69. The molecule has 2 rings (SSSR count). The molecule has 29 heavy (non-hydrogen) atoms. The van der Waals surface area contributed by atoms with E-state index in [0.29, 0.717) is 6.54 Å². The fourth-order valence-corrected chi connectivity index (χ4v) is 4.70. The average molecular weight is 427 g/mol. The number of morpholine rings is 1. The first-order chi connectivity index (χ1) is 13.7. The molecule has 8 nitrogen and oxygen atoms in total. The van der Waals surface area contributed by atoms with Gasteiger partial charge in [0.05, 0.1) is 22.7 Å². The number of carbonyl (C=O) groups is 2. The van der Waals surface area contributed by atoms with Crippen LogP contribution in [0.2, 0.25) is 0 Å². The molecule has 1 aromatic carbocycles. The molecule has 0 radical (unpaired) electrons. The maximum absolute atomic E-state index is 12.8. The Hall–Kier alpha value is -1.97. The SMILES string of the molecule is CCCCCNC(=O)COC(=O)c1ccc(S(=O)(=O)N2C[C@H](C)O[C@@H](C)C2)cc1. The van der Waals surface area contributed by atoms with E-state index in [1.165, 1.54) is 28.6 Å². The summed E-state index contributed by atoms with van der Waals surface area (Å²) in [6, 6.07) is 5.53. The minimum absolute atomic E-state index is 0.101. The molecule has 0 unspecified atom stereocenters. The summed E-state index contributed by atoms with van der Waals surface area (Å²) in [5.41, 5.74) is 0.187. The van der Waals surface area contributed by atoms with Crippen molar-refractivity contribution in [2.24, 2.45) is 0 Å². The van der Waals surface area contributed by atoms with Crippen LogP contribution >= 0.6 is 0 Å².